The van der Waals surface area contributed by atoms with Gasteiger partial charge >= 0.3 is 0 Å². The normalized spacial score (nSPS) is 10.9. The lowest BCUT2D eigenvalue weighted by Crippen LogP contribution is -2.10. The van der Waals surface area contributed by atoms with Gasteiger partial charge in [0, 0.05) is 5.56 Å². The lowest BCUT2D eigenvalue weighted by Gasteiger charge is -2.02. The molecule has 1 aromatic heterocycles. The summed E-state index contributed by atoms with van der Waals surface area (Å²) in [6.45, 7) is 4.15. The van der Waals surface area contributed by atoms with Gasteiger partial charge in [0.1, 0.15) is 10.00 Å². The fourth-order valence-corrected chi connectivity index (χ4v) is 3.27. The van der Waals surface area contributed by atoms with Crippen molar-refractivity contribution >= 4 is 40.1 Å². The van der Waals surface area contributed by atoms with Crippen molar-refractivity contribution in [3.05, 3.63) is 39.9 Å². The minimum absolute atomic E-state index is 0.286. The lowest BCUT2D eigenvalue weighted by molar-refractivity contribution is 0.832. The zero-order chi connectivity index (χ0) is 13.3. The van der Waals surface area contributed by atoms with E-state index in [1.807, 2.05) is 24.3 Å². The molecule has 5 heteroatoms. The Balaban J connectivity index is 2.57. The Hall–Kier alpha value is -0.970. The Morgan fingerprint density at radius 1 is 1.39 bits per heavy atom. The summed E-state index contributed by atoms with van der Waals surface area (Å²) in [5.74, 6) is 0.286. The molecule has 1 heterocycles. The Morgan fingerprint density at radius 3 is 2.56 bits per heavy atom. The molecule has 0 aliphatic carbocycles. The molecule has 2 nitrogen and oxygen atoms in total. The summed E-state index contributed by atoms with van der Waals surface area (Å²) in [6, 6.07) is 7.65. The molecular formula is C13H13ClN2S2. The molecule has 0 atom stereocenters. The number of hydrogen-bond acceptors (Lipinski definition) is 3. The fraction of sp³-hybridized carbons (Fsp3) is 0.231. The first-order chi connectivity index (χ1) is 8.50. The van der Waals surface area contributed by atoms with E-state index in [4.69, 9.17) is 29.6 Å². The van der Waals surface area contributed by atoms with Crippen LogP contribution in [0.15, 0.2) is 24.3 Å². The van der Waals surface area contributed by atoms with Crippen molar-refractivity contribution in [2.24, 2.45) is 5.73 Å². The van der Waals surface area contributed by atoms with Gasteiger partial charge in [0.2, 0.25) is 0 Å². The third-order valence-electron chi connectivity index (χ3n) is 2.53. The van der Waals surface area contributed by atoms with Crippen LogP contribution in [-0.2, 0) is 0 Å². The number of halogens is 1. The number of rotatable bonds is 3. The average Bonchev–Trinajstić information content (AvgIpc) is 2.74. The van der Waals surface area contributed by atoms with E-state index in [1.165, 1.54) is 11.3 Å². The highest BCUT2D eigenvalue weighted by Crippen LogP contribution is 2.35. The number of benzene rings is 1. The molecule has 0 unspecified atom stereocenters. The van der Waals surface area contributed by atoms with Gasteiger partial charge in [-0.3, -0.25) is 0 Å². The first kappa shape index (κ1) is 13.5. The standard InChI is InChI=1S/C13H13ClN2S2/c1-7(2)10-11(12(15)17)18-13(16-10)8-5-3-4-6-9(8)14/h3-7H,1-2H3,(H2,15,17). The molecule has 0 saturated heterocycles. The van der Waals surface area contributed by atoms with Crippen LogP contribution in [0.2, 0.25) is 5.02 Å². The van der Waals surface area contributed by atoms with Crippen LogP contribution in [0.3, 0.4) is 0 Å². The number of aromatic nitrogens is 1. The van der Waals surface area contributed by atoms with E-state index < -0.39 is 0 Å². The number of nitrogens with zero attached hydrogens (tertiary/aromatic N) is 1. The van der Waals surface area contributed by atoms with Gasteiger partial charge in [-0.1, -0.05) is 55.9 Å². The molecule has 18 heavy (non-hydrogen) atoms. The molecule has 1 aromatic carbocycles. The van der Waals surface area contributed by atoms with Gasteiger partial charge in [-0.05, 0) is 12.0 Å². The predicted octanol–water partition coefficient (Wildman–Crippen LogP) is 4.22. The van der Waals surface area contributed by atoms with Gasteiger partial charge in [-0.15, -0.1) is 11.3 Å². The summed E-state index contributed by atoms with van der Waals surface area (Å²) >= 11 is 12.8. The topological polar surface area (TPSA) is 38.9 Å². The molecule has 94 valence electrons. The van der Waals surface area contributed by atoms with Gasteiger partial charge in [0.05, 0.1) is 15.6 Å². The van der Waals surface area contributed by atoms with E-state index >= 15 is 0 Å². The highest BCUT2D eigenvalue weighted by molar-refractivity contribution is 7.81. The predicted molar refractivity (Wildman–Crippen MR) is 82.5 cm³/mol. The van der Waals surface area contributed by atoms with Crippen LogP contribution in [0, 0.1) is 0 Å². The summed E-state index contributed by atoms with van der Waals surface area (Å²) in [6.07, 6.45) is 0. The number of thiocarbonyl (C=S) groups is 1. The summed E-state index contributed by atoms with van der Waals surface area (Å²) < 4.78 is 0. The van der Waals surface area contributed by atoms with Crippen molar-refractivity contribution in [3.8, 4) is 10.6 Å². The monoisotopic (exact) mass is 296 g/mol. The molecule has 0 fully saturated rings. The number of nitrogens with two attached hydrogens (primary N) is 1. The van der Waals surface area contributed by atoms with Crippen molar-refractivity contribution in [3.63, 3.8) is 0 Å². The Bertz CT molecular complexity index is 590. The summed E-state index contributed by atoms with van der Waals surface area (Å²) in [4.78, 5) is 5.91. The van der Waals surface area contributed by atoms with Crippen LogP contribution in [0.4, 0.5) is 0 Å². The summed E-state index contributed by atoms with van der Waals surface area (Å²) in [5.41, 5.74) is 7.62. The molecule has 0 radical (unpaired) electrons. The van der Waals surface area contributed by atoms with E-state index in [2.05, 4.69) is 18.8 Å². The third-order valence-corrected chi connectivity index (χ3v) is 4.33. The Labute approximate surface area is 121 Å². The molecule has 2 rings (SSSR count). The van der Waals surface area contributed by atoms with Gasteiger partial charge in [-0.25, -0.2) is 4.98 Å². The fourth-order valence-electron chi connectivity index (χ4n) is 1.65. The van der Waals surface area contributed by atoms with Gasteiger partial charge < -0.3 is 5.73 Å². The molecule has 0 spiro atoms. The minimum Gasteiger partial charge on any atom is -0.389 e. The van der Waals surface area contributed by atoms with Crippen LogP contribution in [-0.4, -0.2) is 9.97 Å². The molecule has 2 N–H and O–H groups in total. The Kier molecular flexibility index (Phi) is 4.00. The second kappa shape index (κ2) is 5.34. The molecule has 0 aliphatic heterocycles. The van der Waals surface area contributed by atoms with E-state index in [1.54, 1.807) is 0 Å². The molecule has 0 saturated carbocycles. The van der Waals surface area contributed by atoms with Crippen molar-refractivity contribution in [2.45, 2.75) is 19.8 Å². The SMILES string of the molecule is CC(C)c1nc(-c2ccccc2Cl)sc1C(N)=S. The highest BCUT2D eigenvalue weighted by atomic mass is 35.5. The zero-order valence-electron chi connectivity index (χ0n) is 10.1. The molecule has 0 bridgehead atoms. The lowest BCUT2D eigenvalue weighted by atomic mass is 10.1. The van der Waals surface area contributed by atoms with Gasteiger partial charge in [0.15, 0.2) is 0 Å². The van der Waals surface area contributed by atoms with E-state index in [0.717, 1.165) is 21.1 Å². The minimum atomic E-state index is 0.286. The Morgan fingerprint density at radius 2 is 2.06 bits per heavy atom. The summed E-state index contributed by atoms with van der Waals surface area (Å²) in [5, 5.41) is 1.56. The van der Waals surface area contributed by atoms with Crippen LogP contribution < -0.4 is 5.73 Å². The number of hydrogen-bond donors (Lipinski definition) is 1. The van der Waals surface area contributed by atoms with Crippen LogP contribution >= 0.6 is 35.2 Å². The van der Waals surface area contributed by atoms with Crippen molar-refractivity contribution < 1.29 is 0 Å². The van der Waals surface area contributed by atoms with Crippen LogP contribution in [0.5, 0.6) is 0 Å². The van der Waals surface area contributed by atoms with Gasteiger partial charge in [0.25, 0.3) is 0 Å². The largest absolute Gasteiger partial charge is 0.389 e. The third kappa shape index (κ3) is 2.55. The molecule has 0 aliphatic rings. The number of thiazole rings is 1. The first-order valence-corrected chi connectivity index (χ1v) is 7.16. The quantitative estimate of drug-likeness (QED) is 0.862. The van der Waals surface area contributed by atoms with E-state index in [-0.39, 0.29) is 5.92 Å². The van der Waals surface area contributed by atoms with Gasteiger partial charge in [-0.2, -0.15) is 0 Å². The molecule has 0 amide bonds. The van der Waals surface area contributed by atoms with Crippen molar-refractivity contribution in [1.29, 1.82) is 0 Å². The maximum atomic E-state index is 6.18. The maximum absolute atomic E-state index is 6.18. The summed E-state index contributed by atoms with van der Waals surface area (Å²) in [7, 11) is 0. The second-order valence-electron chi connectivity index (χ2n) is 4.23. The highest BCUT2D eigenvalue weighted by Gasteiger charge is 2.18. The maximum Gasteiger partial charge on any atom is 0.125 e. The van der Waals surface area contributed by atoms with E-state index in [0.29, 0.717) is 10.0 Å². The molecular weight excluding hydrogens is 284 g/mol. The average molecular weight is 297 g/mol. The van der Waals surface area contributed by atoms with Crippen molar-refractivity contribution in [1.82, 2.24) is 4.98 Å². The van der Waals surface area contributed by atoms with Crippen molar-refractivity contribution in [2.75, 3.05) is 0 Å². The first-order valence-electron chi connectivity index (χ1n) is 5.56. The molecule has 2 aromatic rings. The van der Waals surface area contributed by atoms with Crippen LogP contribution in [0.25, 0.3) is 10.6 Å². The van der Waals surface area contributed by atoms with Crippen LogP contribution in [0.1, 0.15) is 30.3 Å². The zero-order valence-corrected chi connectivity index (χ0v) is 12.5. The smallest absolute Gasteiger partial charge is 0.125 e. The second-order valence-corrected chi connectivity index (χ2v) is 6.08. The van der Waals surface area contributed by atoms with E-state index in [9.17, 15) is 0 Å².